The minimum atomic E-state index is -0.869. The zero-order valence-corrected chi connectivity index (χ0v) is 9.87. The molecular formula is C10H5Cl3O2. The molecule has 0 heterocycles. The average Bonchev–Trinajstić information content (AvgIpc) is 2.14. The Kier molecular flexibility index (Phi) is 3.95. The maximum absolute atomic E-state index is 10.9. The molecule has 0 aromatic heterocycles. The molecule has 0 fully saturated rings. The first kappa shape index (κ1) is 12.3. The standard InChI is InChI=1S/C10H5Cl3O2/c1-5-2-8(11)9(12)3-6(5)7(4-14)10(13)15/h2-3H,1H3. The van der Waals surface area contributed by atoms with Gasteiger partial charge >= 0.3 is 0 Å². The molecule has 0 radical (unpaired) electrons. The first-order valence-electron chi connectivity index (χ1n) is 3.88. The summed E-state index contributed by atoms with van der Waals surface area (Å²) < 4.78 is 0. The second-order valence-electron chi connectivity index (χ2n) is 2.83. The van der Waals surface area contributed by atoms with Gasteiger partial charge < -0.3 is 0 Å². The summed E-state index contributed by atoms with van der Waals surface area (Å²) in [5.41, 5.74) is 0.740. The van der Waals surface area contributed by atoms with Crippen molar-refractivity contribution in [2.45, 2.75) is 6.92 Å². The van der Waals surface area contributed by atoms with Crippen LogP contribution in [0.4, 0.5) is 0 Å². The predicted molar refractivity (Wildman–Crippen MR) is 61.2 cm³/mol. The summed E-state index contributed by atoms with van der Waals surface area (Å²) in [6.45, 7) is 1.69. The lowest BCUT2D eigenvalue weighted by Gasteiger charge is -2.05. The highest BCUT2D eigenvalue weighted by Gasteiger charge is 2.15. The molecule has 0 N–H and O–H groups in total. The van der Waals surface area contributed by atoms with E-state index in [1.807, 2.05) is 0 Å². The van der Waals surface area contributed by atoms with Gasteiger partial charge in [0.1, 0.15) is 11.5 Å². The van der Waals surface area contributed by atoms with Crippen molar-refractivity contribution < 1.29 is 9.59 Å². The Morgan fingerprint density at radius 2 is 1.80 bits per heavy atom. The number of carbonyl (C=O) groups excluding carboxylic acids is 2. The highest BCUT2D eigenvalue weighted by Crippen LogP contribution is 2.29. The van der Waals surface area contributed by atoms with Crippen molar-refractivity contribution >= 4 is 51.6 Å². The Morgan fingerprint density at radius 3 is 2.27 bits per heavy atom. The third-order valence-electron chi connectivity index (χ3n) is 1.84. The molecule has 0 spiro atoms. The number of aryl methyl sites for hydroxylation is 1. The molecule has 0 saturated heterocycles. The van der Waals surface area contributed by atoms with Crippen molar-refractivity contribution in [1.82, 2.24) is 0 Å². The molecule has 0 aliphatic rings. The van der Waals surface area contributed by atoms with Crippen molar-refractivity contribution in [3.8, 4) is 0 Å². The van der Waals surface area contributed by atoms with E-state index in [-0.39, 0.29) is 10.6 Å². The summed E-state index contributed by atoms with van der Waals surface area (Å²) in [5.74, 6) is 1.49. The van der Waals surface area contributed by atoms with Gasteiger partial charge in [0.2, 0.25) is 0 Å². The lowest BCUT2D eigenvalue weighted by molar-refractivity contribution is -0.106. The van der Waals surface area contributed by atoms with Gasteiger partial charge in [-0.25, -0.2) is 4.79 Å². The summed E-state index contributed by atoms with van der Waals surface area (Å²) in [4.78, 5) is 21.5. The molecule has 2 nitrogen and oxygen atoms in total. The first-order valence-corrected chi connectivity index (χ1v) is 5.01. The molecule has 0 unspecified atom stereocenters. The van der Waals surface area contributed by atoms with Gasteiger partial charge in [-0.05, 0) is 36.2 Å². The van der Waals surface area contributed by atoms with Gasteiger partial charge in [0.25, 0.3) is 5.24 Å². The van der Waals surface area contributed by atoms with Gasteiger partial charge in [-0.15, -0.1) is 0 Å². The van der Waals surface area contributed by atoms with E-state index < -0.39 is 5.24 Å². The lowest BCUT2D eigenvalue weighted by atomic mass is 10.0. The fraction of sp³-hybridized carbons (Fsp3) is 0.100. The van der Waals surface area contributed by atoms with Crippen molar-refractivity contribution in [2.24, 2.45) is 0 Å². The third-order valence-corrected chi connectivity index (χ3v) is 2.75. The van der Waals surface area contributed by atoms with Gasteiger partial charge in [0, 0.05) is 5.56 Å². The molecular weight excluding hydrogens is 258 g/mol. The molecule has 5 heteroatoms. The molecule has 0 bridgehead atoms. The van der Waals surface area contributed by atoms with Crippen LogP contribution in [0.25, 0.3) is 5.57 Å². The molecule has 0 amide bonds. The normalized spacial score (nSPS) is 9.60. The maximum atomic E-state index is 10.9. The quantitative estimate of drug-likeness (QED) is 0.466. The fourth-order valence-corrected chi connectivity index (χ4v) is 1.64. The number of allylic oxidation sites excluding steroid dienone is 1. The molecule has 0 saturated carbocycles. The van der Waals surface area contributed by atoms with E-state index in [9.17, 15) is 9.59 Å². The van der Waals surface area contributed by atoms with Gasteiger partial charge in [-0.2, -0.15) is 0 Å². The van der Waals surface area contributed by atoms with Crippen molar-refractivity contribution in [1.29, 1.82) is 0 Å². The average molecular weight is 264 g/mol. The van der Waals surface area contributed by atoms with Crippen molar-refractivity contribution in [2.75, 3.05) is 0 Å². The Morgan fingerprint density at radius 1 is 1.27 bits per heavy atom. The van der Waals surface area contributed by atoms with Crippen molar-refractivity contribution in [3.63, 3.8) is 0 Å². The number of carbonyl (C=O) groups is 1. The number of hydrogen-bond acceptors (Lipinski definition) is 2. The Bertz CT molecular complexity index is 474. The minimum Gasteiger partial charge on any atom is -0.275 e. The van der Waals surface area contributed by atoms with E-state index in [0.29, 0.717) is 16.1 Å². The highest BCUT2D eigenvalue weighted by molar-refractivity contribution is 6.75. The minimum absolute atomic E-state index is 0.243. The number of rotatable bonds is 2. The van der Waals surface area contributed by atoms with E-state index >= 15 is 0 Å². The summed E-state index contributed by atoms with van der Waals surface area (Å²) in [7, 11) is 0. The molecule has 15 heavy (non-hydrogen) atoms. The number of halogens is 3. The highest BCUT2D eigenvalue weighted by atomic mass is 35.5. The van der Waals surface area contributed by atoms with Gasteiger partial charge in [0.15, 0.2) is 0 Å². The van der Waals surface area contributed by atoms with Crippen LogP contribution in [0.5, 0.6) is 0 Å². The topological polar surface area (TPSA) is 34.1 Å². The molecule has 0 aliphatic carbocycles. The van der Waals surface area contributed by atoms with Crippen LogP contribution in [0.1, 0.15) is 11.1 Å². The largest absolute Gasteiger partial charge is 0.275 e. The van der Waals surface area contributed by atoms with Crippen LogP contribution in [-0.2, 0) is 9.59 Å². The van der Waals surface area contributed by atoms with Crippen LogP contribution in [-0.4, -0.2) is 11.2 Å². The zero-order valence-electron chi connectivity index (χ0n) is 7.61. The molecule has 0 aliphatic heterocycles. The Balaban J connectivity index is 3.44. The van der Waals surface area contributed by atoms with E-state index in [2.05, 4.69) is 0 Å². The van der Waals surface area contributed by atoms with E-state index in [4.69, 9.17) is 34.8 Å². The summed E-state index contributed by atoms with van der Waals surface area (Å²) >= 11 is 16.7. The van der Waals surface area contributed by atoms with Crippen LogP contribution in [0.3, 0.4) is 0 Å². The Labute approximate surface area is 101 Å². The van der Waals surface area contributed by atoms with E-state index in [0.717, 1.165) is 0 Å². The van der Waals surface area contributed by atoms with E-state index in [1.54, 1.807) is 13.0 Å². The molecule has 1 aromatic carbocycles. The fourth-order valence-electron chi connectivity index (χ4n) is 1.12. The number of benzene rings is 1. The van der Waals surface area contributed by atoms with Crippen LogP contribution < -0.4 is 0 Å². The van der Waals surface area contributed by atoms with Gasteiger partial charge in [-0.3, -0.25) is 4.79 Å². The summed E-state index contributed by atoms with van der Waals surface area (Å²) in [6, 6.07) is 2.97. The van der Waals surface area contributed by atoms with Crippen LogP contribution in [0.2, 0.25) is 10.0 Å². The summed E-state index contributed by atoms with van der Waals surface area (Å²) in [6.07, 6.45) is 0. The van der Waals surface area contributed by atoms with Crippen LogP contribution in [0, 0.1) is 6.92 Å². The van der Waals surface area contributed by atoms with Gasteiger partial charge in [-0.1, -0.05) is 23.2 Å². The second kappa shape index (κ2) is 4.82. The molecule has 0 atom stereocenters. The molecule has 1 rings (SSSR count). The van der Waals surface area contributed by atoms with Crippen molar-refractivity contribution in [3.05, 3.63) is 33.3 Å². The SMILES string of the molecule is Cc1cc(Cl)c(Cl)cc1C(=C=O)C(=O)Cl. The predicted octanol–water partition coefficient (Wildman–Crippen LogP) is 3.28. The third kappa shape index (κ3) is 2.61. The Hall–Kier alpha value is -0.790. The second-order valence-corrected chi connectivity index (χ2v) is 3.99. The maximum Gasteiger partial charge on any atom is 0.264 e. The van der Waals surface area contributed by atoms with E-state index in [1.165, 1.54) is 12.0 Å². The van der Waals surface area contributed by atoms with Crippen LogP contribution in [0.15, 0.2) is 12.1 Å². The molecule has 1 aromatic rings. The monoisotopic (exact) mass is 262 g/mol. The van der Waals surface area contributed by atoms with Crippen LogP contribution >= 0.6 is 34.8 Å². The lowest BCUT2D eigenvalue weighted by Crippen LogP contribution is -1.97. The first-order chi connectivity index (χ1) is 6.97. The number of hydrogen-bond donors (Lipinski definition) is 0. The smallest absolute Gasteiger partial charge is 0.264 e. The zero-order chi connectivity index (χ0) is 11.6. The van der Waals surface area contributed by atoms with Gasteiger partial charge in [0.05, 0.1) is 10.0 Å². The molecule has 78 valence electrons. The summed E-state index contributed by atoms with van der Waals surface area (Å²) in [5, 5.41) is -0.264.